The van der Waals surface area contributed by atoms with E-state index in [2.05, 4.69) is 34.0 Å². The summed E-state index contributed by atoms with van der Waals surface area (Å²) in [7, 11) is -0.165. The Labute approximate surface area is 187 Å². The van der Waals surface area contributed by atoms with Crippen LogP contribution in [0.15, 0.2) is 52.9 Å². The average molecular weight is 457 g/mol. The van der Waals surface area contributed by atoms with E-state index in [0.29, 0.717) is 22.4 Å². The van der Waals surface area contributed by atoms with Gasteiger partial charge < -0.3 is 9.84 Å². The molecule has 1 atom stereocenters. The fourth-order valence-corrected chi connectivity index (χ4v) is 5.76. The number of carboxylic acid groups (broad SMARTS) is 1. The Hall–Kier alpha value is -2.71. The molecule has 6 nitrogen and oxygen atoms in total. The molecule has 4 rings (SSSR count). The van der Waals surface area contributed by atoms with Crippen molar-refractivity contribution < 1.29 is 18.8 Å². The molecule has 1 heterocycles. The van der Waals surface area contributed by atoms with Gasteiger partial charge in [-0.3, -0.25) is 4.72 Å². The Balaban J connectivity index is 1.47. The van der Waals surface area contributed by atoms with Crippen LogP contribution >= 0.6 is 11.3 Å². The normalized spacial score (nSPS) is 15.4. The Morgan fingerprint density at radius 1 is 1.16 bits per heavy atom. The number of benzene rings is 2. The lowest BCUT2D eigenvalue weighted by Gasteiger charge is -2.21. The SMILES string of the molecule is COc1cc(C(=O)O)ccc1NS(=O)c1csc(-c2ccc(C3CCCCC3)cc2)n1. The molecule has 1 aliphatic carbocycles. The highest BCUT2D eigenvalue weighted by Crippen LogP contribution is 2.34. The Bertz CT molecular complexity index is 1090. The van der Waals surface area contributed by atoms with Crippen molar-refractivity contribution in [1.29, 1.82) is 0 Å². The van der Waals surface area contributed by atoms with Gasteiger partial charge in [0.25, 0.3) is 0 Å². The molecule has 1 saturated carbocycles. The number of aromatic carboxylic acids is 1. The highest BCUT2D eigenvalue weighted by molar-refractivity contribution is 7.86. The Kier molecular flexibility index (Phi) is 6.67. The van der Waals surface area contributed by atoms with Crippen LogP contribution in [0.3, 0.4) is 0 Å². The predicted octanol–water partition coefficient (Wildman–Crippen LogP) is 5.70. The second-order valence-electron chi connectivity index (χ2n) is 7.54. The van der Waals surface area contributed by atoms with Gasteiger partial charge >= 0.3 is 5.97 Å². The number of ether oxygens (including phenoxy) is 1. The smallest absolute Gasteiger partial charge is 0.335 e. The first-order valence-corrected chi connectivity index (χ1v) is 12.2. The van der Waals surface area contributed by atoms with Gasteiger partial charge in [-0.1, -0.05) is 43.5 Å². The molecule has 2 aromatic carbocycles. The third-order valence-electron chi connectivity index (χ3n) is 5.56. The number of carbonyl (C=O) groups is 1. The highest BCUT2D eigenvalue weighted by Gasteiger charge is 2.17. The molecule has 1 fully saturated rings. The molecule has 3 aromatic rings. The van der Waals surface area contributed by atoms with Crippen LogP contribution < -0.4 is 9.46 Å². The Morgan fingerprint density at radius 3 is 2.58 bits per heavy atom. The monoisotopic (exact) mass is 456 g/mol. The van der Waals surface area contributed by atoms with Crippen LogP contribution in [0.5, 0.6) is 5.75 Å². The van der Waals surface area contributed by atoms with Crippen molar-refractivity contribution in [2.45, 2.75) is 43.0 Å². The van der Waals surface area contributed by atoms with Gasteiger partial charge in [0.1, 0.15) is 10.8 Å². The van der Waals surface area contributed by atoms with Gasteiger partial charge in [-0.2, -0.15) is 0 Å². The maximum Gasteiger partial charge on any atom is 0.335 e. The zero-order valence-corrected chi connectivity index (χ0v) is 18.8. The van der Waals surface area contributed by atoms with Gasteiger partial charge in [-0.25, -0.2) is 14.0 Å². The van der Waals surface area contributed by atoms with Crippen LogP contribution in [0.25, 0.3) is 10.6 Å². The van der Waals surface area contributed by atoms with E-state index in [-0.39, 0.29) is 5.56 Å². The van der Waals surface area contributed by atoms with Gasteiger partial charge in [0.15, 0.2) is 16.0 Å². The lowest BCUT2D eigenvalue weighted by atomic mass is 9.84. The van der Waals surface area contributed by atoms with Crippen molar-refractivity contribution in [2.24, 2.45) is 0 Å². The number of anilines is 1. The van der Waals surface area contributed by atoms with E-state index >= 15 is 0 Å². The molecule has 0 amide bonds. The zero-order chi connectivity index (χ0) is 21.8. The molecule has 1 aliphatic rings. The fraction of sp³-hybridized carbons (Fsp3) is 0.304. The molecule has 31 heavy (non-hydrogen) atoms. The van der Waals surface area contributed by atoms with Gasteiger partial charge in [0.2, 0.25) is 0 Å². The summed E-state index contributed by atoms with van der Waals surface area (Å²) in [5, 5.41) is 12.1. The molecule has 0 radical (unpaired) electrons. The lowest BCUT2D eigenvalue weighted by Crippen LogP contribution is -2.07. The number of carboxylic acids is 1. The van der Waals surface area contributed by atoms with Crippen molar-refractivity contribution in [1.82, 2.24) is 4.98 Å². The summed E-state index contributed by atoms with van der Waals surface area (Å²) in [5.41, 5.74) is 2.94. The van der Waals surface area contributed by atoms with Crippen LogP contribution in [0.1, 0.15) is 53.9 Å². The van der Waals surface area contributed by atoms with Gasteiger partial charge in [-0.15, -0.1) is 11.3 Å². The van der Waals surface area contributed by atoms with Crippen LogP contribution in [-0.4, -0.2) is 27.4 Å². The van der Waals surface area contributed by atoms with Gasteiger partial charge in [0, 0.05) is 10.9 Å². The third kappa shape index (κ3) is 4.97. The minimum absolute atomic E-state index is 0.0980. The van der Waals surface area contributed by atoms with Gasteiger partial charge in [-0.05, 0) is 42.5 Å². The number of methoxy groups -OCH3 is 1. The Morgan fingerprint density at radius 2 is 1.90 bits per heavy atom. The standard InChI is InChI=1S/C23H24N2O4S2/c1-29-20-13-18(23(26)27)11-12-19(20)25-31(28)21-14-30-22(24-21)17-9-7-16(8-10-17)15-5-3-2-4-6-15/h7-15,25H,2-6H2,1H3,(H,26,27). The van der Waals surface area contributed by atoms with Crippen molar-refractivity contribution in [3.8, 4) is 16.3 Å². The molecule has 2 N–H and O–H groups in total. The predicted molar refractivity (Wildman–Crippen MR) is 123 cm³/mol. The fourth-order valence-electron chi connectivity index (χ4n) is 3.87. The maximum absolute atomic E-state index is 12.8. The maximum atomic E-state index is 12.8. The van der Waals surface area contributed by atoms with E-state index in [0.717, 1.165) is 10.6 Å². The van der Waals surface area contributed by atoms with E-state index in [1.807, 2.05) is 0 Å². The zero-order valence-electron chi connectivity index (χ0n) is 17.2. The van der Waals surface area contributed by atoms with Gasteiger partial charge in [0.05, 0.1) is 18.4 Å². The molecule has 162 valence electrons. The molecule has 0 spiro atoms. The summed E-state index contributed by atoms with van der Waals surface area (Å²) < 4.78 is 20.9. The van der Waals surface area contributed by atoms with Crippen LogP contribution in [0.4, 0.5) is 5.69 Å². The summed E-state index contributed by atoms with van der Waals surface area (Å²) in [5.74, 6) is -0.0829. The van der Waals surface area contributed by atoms with E-state index < -0.39 is 17.0 Å². The number of rotatable bonds is 7. The van der Waals surface area contributed by atoms with Crippen molar-refractivity contribution in [3.63, 3.8) is 0 Å². The largest absolute Gasteiger partial charge is 0.495 e. The summed E-state index contributed by atoms with van der Waals surface area (Å²) in [6, 6.07) is 12.9. The average Bonchev–Trinajstić information content (AvgIpc) is 3.30. The first kappa shape index (κ1) is 21.5. The number of nitrogens with zero attached hydrogens (tertiary/aromatic N) is 1. The van der Waals surface area contributed by atoms with E-state index in [4.69, 9.17) is 9.84 Å². The molecule has 0 bridgehead atoms. The van der Waals surface area contributed by atoms with Crippen LogP contribution in [0.2, 0.25) is 0 Å². The number of thiazole rings is 1. The first-order chi connectivity index (χ1) is 15.0. The minimum atomic E-state index is -1.60. The van der Waals surface area contributed by atoms with Crippen LogP contribution in [-0.2, 0) is 11.0 Å². The molecular weight excluding hydrogens is 432 g/mol. The van der Waals surface area contributed by atoms with Crippen molar-refractivity contribution in [2.75, 3.05) is 11.8 Å². The number of nitrogens with one attached hydrogen (secondary N) is 1. The summed E-state index contributed by atoms with van der Waals surface area (Å²) in [4.78, 5) is 15.7. The second-order valence-corrected chi connectivity index (χ2v) is 9.56. The first-order valence-electron chi connectivity index (χ1n) is 10.2. The van der Waals surface area contributed by atoms with E-state index in [1.54, 1.807) is 5.38 Å². The third-order valence-corrected chi connectivity index (χ3v) is 7.59. The molecule has 1 aromatic heterocycles. The molecular formula is C23H24N2O4S2. The quantitative estimate of drug-likeness (QED) is 0.476. The summed E-state index contributed by atoms with van der Waals surface area (Å²) in [6.45, 7) is 0. The lowest BCUT2D eigenvalue weighted by molar-refractivity contribution is 0.0696. The number of hydrogen-bond donors (Lipinski definition) is 2. The molecule has 1 unspecified atom stereocenters. The van der Waals surface area contributed by atoms with E-state index in [1.165, 1.54) is 74.3 Å². The summed E-state index contributed by atoms with van der Waals surface area (Å²) in [6.07, 6.45) is 6.50. The number of hydrogen-bond acceptors (Lipinski definition) is 5. The second kappa shape index (κ2) is 9.62. The topological polar surface area (TPSA) is 88.5 Å². The molecule has 0 saturated heterocycles. The summed E-state index contributed by atoms with van der Waals surface area (Å²) >= 11 is 1.45. The minimum Gasteiger partial charge on any atom is -0.495 e. The van der Waals surface area contributed by atoms with Crippen molar-refractivity contribution in [3.05, 3.63) is 59.0 Å². The van der Waals surface area contributed by atoms with E-state index in [9.17, 15) is 9.00 Å². The highest BCUT2D eigenvalue weighted by atomic mass is 32.2. The molecule has 8 heteroatoms. The van der Waals surface area contributed by atoms with Crippen molar-refractivity contribution >= 4 is 34.0 Å². The molecule has 0 aliphatic heterocycles. The van der Waals surface area contributed by atoms with Crippen LogP contribution in [0, 0.1) is 0 Å². The number of aromatic nitrogens is 1.